The van der Waals surface area contributed by atoms with Gasteiger partial charge in [0.15, 0.2) is 5.01 Å². The number of aliphatic hydroxyl groups excluding tert-OH is 1. The van der Waals surface area contributed by atoms with Crippen LogP contribution >= 0.6 is 11.3 Å². The van der Waals surface area contributed by atoms with Crippen LogP contribution in [0.15, 0.2) is 12.3 Å². The van der Waals surface area contributed by atoms with Crippen LogP contribution in [0.1, 0.15) is 66.4 Å². The van der Waals surface area contributed by atoms with Gasteiger partial charge < -0.3 is 20.6 Å². The van der Waals surface area contributed by atoms with Gasteiger partial charge >= 0.3 is 0 Å². The summed E-state index contributed by atoms with van der Waals surface area (Å²) in [5.74, 6) is -4.54. The standard InChI is InChI=1S/C22H27F4N5O3S/c1-11-8-22(25,26)10-31(11)20(34)15-16(35-19(29-15)18(33)27-5-6-32)13-9-28-14(30-21(2,3)4)7-12(13)17(23)24/h7,9,11,17,32H,5-6,8,10H2,1-4H3,(H,27,33)(H,28,30). The summed E-state index contributed by atoms with van der Waals surface area (Å²) >= 11 is 0.676. The molecule has 2 aromatic rings. The molecule has 0 spiro atoms. The van der Waals surface area contributed by atoms with Crippen LogP contribution in [0.3, 0.4) is 0 Å². The minimum atomic E-state index is -3.09. The maximum Gasteiger partial charge on any atom is 0.280 e. The van der Waals surface area contributed by atoms with Gasteiger partial charge in [-0.1, -0.05) is 0 Å². The Morgan fingerprint density at radius 3 is 2.57 bits per heavy atom. The molecule has 8 nitrogen and oxygen atoms in total. The Hall–Kier alpha value is -2.80. The summed E-state index contributed by atoms with van der Waals surface area (Å²) in [6.07, 6.45) is -2.35. The van der Waals surface area contributed by atoms with E-state index in [0.29, 0.717) is 11.3 Å². The van der Waals surface area contributed by atoms with E-state index in [-0.39, 0.29) is 40.1 Å². The predicted molar refractivity (Wildman–Crippen MR) is 123 cm³/mol. The lowest BCUT2D eigenvalue weighted by atomic mass is 10.1. The van der Waals surface area contributed by atoms with Gasteiger partial charge in [0.2, 0.25) is 0 Å². The van der Waals surface area contributed by atoms with Crippen molar-refractivity contribution in [1.82, 2.24) is 20.2 Å². The molecule has 1 aliphatic heterocycles. The number of amides is 2. The van der Waals surface area contributed by atoms with Crippen LogP contribution in [0.5, 0.6) is 0 Å². The average molecular weight is 518 g/mol. The largest absolute Gasteiger partial charge is 0.395 e. The quantitative estimate of drug-likeness (QED) is 0.481. The topological polar surface area (TPSA) is 107 Å². The highest BCUT2D eigenvalue weighted by Crippen LogP contribution is 2.40. The molecule has 2 aromatic heterocycles. The molecular formula is C22H27F4N5O3S. The minimum absolute atomic E-state index is 0.0725. The summed E-state index contributed by atoms with van der Waals surface area (Å²) in [7, 11) is 0. The Morgan fingerprint density at radius 1 is 1.34 bits per heavy atom. The first-order chi connectivity index (χ1) is 16.2. The molecule has 3 heterocycles. The number of rotatable bonds is 7. The fraction of sp³-hybridized carbons (Fsp3) is 0.545. The van der Waals surface area contributed by atoms with Crippen molar-refractivity contribution in [3.63, 3.8) is 0 Å². The van der Waals surface area contributed by atoms with E-state index < -0.39 is 54.3 Å². The highest BCUT2D eigenvalue weighted by Gasteiger charge is 2.46. The van der Waals surface area contributed by atoms with E-state index in [0.717, 1.165) is 17.2 Å². The maximum absolute atomic E-state index is 14.1. The van der Waals surface area contributed by atoms with Crippen LogP contribution < -0.4 is 10.6 Å². The van der Waals surface area contributed by atoms with Crippen molar-refractivity contribution >= 4 is 29.0 Å². The molecule has 0 bridgehead atoms. The highest BCUT2D eigenvalue weighted by molar-refractivity contribution is 7.17. The SMILES string of the molecule is CC1CC(F)(F)CN1C(=O)c1nc(C(=O)NCCO)sc1-c1cnc(NC(C)(C)C)cc1C(F)F. The number of carbonyl (C=O) groups excluding carboxylic acids is 2. The summed E-state index contributed by atoms with van der Waals surface area (Å²) < 4.78 is 56.1. The molecule has 0 radical (unpaired) electrons. The number of carbonyl (C=O) groups is 2. The summed E-state index contributed by atoms with van der Waals surface area (Å²) in [4.78, 5) is 34.8. The first kappa shape index (κ1) is 26.8. The van der Waals surface area contributed by atoms with Crippen LogP contribution in [-0.2, 0) is 0 Å². The average Bonchev–Trinajstić information content (AvgIpc) is 3.30. The molecule has 1 aliphatic rings. The summed E-state index contributed by atoms with van der Waals surface area (Å²) in [5, 5.41) is 14.1. The van der Waals surface area contributed by atoms with Crippen molar-refractivity contribution in [2.45, 2.75) is 58.0 Å². The van der Waals surface area contributed by atoms with Crippen molar-refractivity contribution < 1.29 is 32.3 Å². The van der Waals surface area contributed by atoms with E-state index in [9.17, 15) is 27.2 Å². The van der Waals surface area contributed by atoms with Gasteiger partial charge in [-0.2, -0.15) is 0 Å². The van der Waals surface area contributed by atoms with E-state index in [1.807, 2.05) is 20.8 Å². The summed E-state index contributed by atoms with van der Waals surface area (Å²) in [6.45, 7) is 5.66. The number of pyridine rings is 1. The third-order valence-electron chi connectivity index (χ3n) is 5.13. The van der Waals surface area contributed by atoms with Crippen molar-refractivity contribution in [3.8, 4) is 10.4 Å². The second-order valence-electron chi connectivity index (χ2n) is 9.35. The number of likely N-dealkylation sites (tertiary alicyclic amines) is 1. The van der Waals surface area contributed by atoms with Gasteiger partial charge in [-0.05, 0) is 33.8 Å². The number of nitrogens with zero attached hydrogens (tertiary/aromatic N) is 3. The molecule has 3 N–H and O–H groups in total. The van der Waals surface area contributed by atoms with Crippen molar-refractivity contribution in [2.75, 3.05) is 25.0 Å². The van der Waals surface area contributed by atoms with E-state index in [1.54, 1.807) is 0 Å². The lowest BCUT2D eigenvalue weighted by molar-refractivity contribution is 0.0118. The number of aliphatic hydroxyl groups is 1. The van der Waals surface area contributed by atoms with Crippen LogP contribution in [0.4, 0.5) is 23.4 Å². The smallest absolute Gasteiger partial charge is 0.280 e. The lowest BCUT2D eigenvalue weighted by Crippen LogP contribution is -2.35. The van der Waals surface area contributed by atoms with Crippen LogP contribution in [0.25, 0.3) is 10.4 Å². The predicted octanol–water partition coefficient (Wildman–Crippen LogP) is 3.94. The maximum atomic E-state index is 14.1. The summed E-state index contributed by atoms with van der Waals surface area (Å²) in [5.41, 5.74) is -1.42. The Bertz CT molecular complexity index is 1100. The fourth-order valence-electron chi connectivity index (χ4n) is 3.70. The molecule has 13 heteroatoms. The van der Waals surface area contributed by atoms with E-state index >= 15 is 0 Å². The molecular weight excluding hydrogens is 490 g/mol. The highest BCUT2D eigenvalue weighted by atomic mass is 32.1. The molecule has 1 saturated heterocycles. The Kier molecular flexibility index (Phi) is 7.70. The van der Waals surface area contributed by atoms with Gasteiger partial charge in [0.25, 0.3) is 24.2 Å². The fourth-order valence-corrected chi connectivity index (χ4v) is 4.71. The lowest BCUT2D eigenvalue weighted by Gasteiger charge is -2.22. The molecule has 0 saturated carbocycles. The van der Waals surface area contributed by atoms with Crippen LogP contribution in [-0.4, -0.2) is 69.0 Å². The van der Waals surface area contributed by atoms with Gasteiger partial charge in [-0.15, -0.1) is 11.3 Å². The number of alkyl halides is 4. The molecule has 1 fully saturated rings. The summed E-state index contributed by atoms with van der Waals surface area (Å²) in [6, 6.07) is 0.335. The van der Waals surface area contributed by atoms with E-state index in [1.165, 1.54) is 6.92 Å². The molecule has 192 valence electrons. The van der Waals surface area contributed by atoms with Crippen LogP contribution in [0, 0.1) is 0 Å². The molecule has 0 aliphatic carbocycles. The number of nitrogens with one attached hydrogen (secondary N) is 2. The zero-order chi connectivity index (χ0) is 26.1. The molecule has 35 heavy (non-hydrogen) atoms. The second kappa shape index (κ2) is 10.1. The van der Waals surface area contributed by atoms with Gasteiger partial charge in [-0.3, -0.25) is 9.59 Å². The molecule has 3 rings (SSSR count). The van der Waals surface area contributed by atoms with Crippen molar-refractivity contribution in [1.29, 1.82) is 0 Å². The zero-order valence-electron chi connectivity index (χ0n) is 19.7. The van der Waals surface area contributed by atoms with E-state index in [2.05, 4.69) is 20.6 Å². The zero-order valence-corrected chi connectivity index (χ0v) is 20.5. The van der Waals surface area contributed by atoms with Crippen molar-refractivity contribution in [3.05, 3.63) is 28.5 Å². The van der Waals surface area contributed by atoms with Gasteiger partial charge in [0.1, 0.15) is 11.5 Å². The van der Waals surface area contributed by atoms with Crippen molar-refractivity contribution in [2.24, 2.45) is 0 Å². The third kappa shape index (κ3) is 6.26. The second-order valence-corrected chi connectivity index (χ2v) is 10.3. The normalized spacial score (nSPS) is 17.7. The minimum Gasteiger partial charge on any atom is -0.395 e. The molecule has 1 unspecified atom stereocenters. The monoisotopic (exact) mass is 517 g/mol. The van der Waals surface area contributed by atoms with Gasteiger partial charge in [-0.25, -0.2) is 27.5 Å². The number of hydrogen-bond donors (Lipinski definition) is 3. The number of thiazole rings is 1. The number of anilines is 1. The van der Waals surface area contributed by atoms with Gasteiger partial charge in [0, 0.05) is 41.9 Å². The number of hydrogen-bond acceptors (Lipinski definition) is 7. The molecule has 0 aromatic carbocycles. The first-order valence-electron chi connectivity index (χ1n) is 10.9. The Balaban J connectivity index is 2.12. The number of aromatic nitrogens is 2. The first-order valence-corrected chi connectivity index (χ1v) is 11.7. The Labute approximate surface area is 203 Å². The molecule has 1 atom stereocenters. The number of halogens is 4. The van der Waals surface area contributed by atoms with Crippen LogP contribution in [0.2, 0.25) is 0 Å². The molecule has 2 amide bonds. The van der Waals surface area contributed by atoms with Gasteiger partial charge in [0.05, 0.1) is 18.0 Å². The van der Waals surface area contributed by atoms with E-state index in [4.69, 9.17) is 5.11 Å². The third-order valence-corrected chi connectivity index (χ3v) is 6.22. The Morgan fingerprint density at radius 2 is 2.03 bits per heavy atom.